The molecular formula is C27H35F3N4O3. The SMILES string of the molecule is CC(C)c1ccc([C@@]2(O)C[C@@H](COc3cc(C(F)(F)F)c4c(c3)ncn4CC(C)(C)O)N[C@@H](C)C2)cn1. The molecule has 0 spiro atoms. The molecule has 3 heterocycles. The average molecular weight is 521 g/mol. The number of nitrogens with zero attached hydrogens (tertiary/aromatic N) is 3. The third-order valence-electron chi connectivity index (χ3n) is 6.66. The maximum absolute atomic E-state index is 14.0. The van der Waals surface area contributed by atoms with Crippen molar-refractivity contribution in [2.75, 3.05) is 6.61 Å². The summed E-state index contributed by atoms with van der Waals surface area (Å²) in [7, 11) is 0. The standard InChI is InChI=1S/C27H35F3N4O3/c1-16(2)22-7-6-18(12-31-22)26(36)10-17(3)33-19(11-26)13-37-20-8-21(27(28,29)30)24-23(9-20)32-15-34(24)14-25(4,5)35/h6-9,12,15-17,19,33,35-36H,10-11,13-14H2,1-5H3/t17-,19-,26-/m0/s1. The van der Waals surface area contributed by atoms with E-state index in [0.717, 1.165) is 11.8 Å². The lowest BCUT2D eigenvalue weighted by Crippen LogP contribution is -2.53. The molecule has 4 rings (SSSR count). The van der Waals surface area contributed by atoms with Gasteiger partial charge in [-0.05, 0) is 51.7 Å². The van der Waals surface area contributed by atoms with E-state index >= 15 is 0 Å². The molecule has 0 unspecified atom stereocenters. The van der Waals surface area contributed by atoms with Gasteiger partial charge in [0.2, 0.25) is 0 Å². The van der Waals surface area contributed by atoms with E-state index in [1.54, 1.807) is 6.20 Å². The molecule has 1 fully saturated rings. The summed E-state index contributed by atoms with van der Waals surface area (Å²) in [5, 5.41) is 25.0. The number of halogens is 3. The van der Waals surface area contributed by atoms with Gasteiger partial charge in [0.05, 0.1) is 40.7 Å². The molecule has 1 aliphatic heterocycles. The summed E-state index contributed by atoms with van der Waals surface area (Å²) in [6, 6.07) is 5.92. The molecule has 10 heteroatoms. The Labute approximate surface area is 214 Å². The van der Waals surface area contributed by atoms with Crippen molar-refractivity contribution in [3.05, 3.63) is 53.6 Å². The molecule has 0 aliphatic carbocycles. The molecule has 1 saturated heterocycles. The number of fused-ring (bicyclic) bond motifs is 1. The fourth-order valence-corrected chi connectivity index (χ4v) is 5.10. The number of alkyl halides is 3. The summed E-state index contributed by atoms with van der Waals surface area (Å²) in [5.41, 5.74) is -1.53. The number of benzene rings is 1. The van der Waals surface area contributed by atoms with Crippen molar-refractivity contribution in [3.8, 4) is 5.75 Å². The summed E-state index contributed by atoms with van der Waals surface area (Å²) in [6.45, 7) is 9.14. The van der Waals surface area contributed by atoms with E-state index in [4.69, 9.17) is 4.74 Å². The quantitative estimate of drug-likeness (QED) is 0.416. The molecule has 3 aromatic rings. The second-order valence-corrected chi connectivity index (χ2v) is 11.2. The smallest absolute Gasteiger partial charge is 0.418 e. The molecule has 1 aliphatic rings. The molecule has 202 valence electrons. The Balaban J connectivity index is 1.55. The van der Waals surface area contributed by atoms with Crippen LogP contribution in [0.5, 0.6) is 5.75 Å². The predicted octanol–water partition coefficient (Wildman–Crippen LogP) is 4.75. The van der Waals surface area contributed by atoms with Crippen molar-refractivity contribution in [1.29, 1.82) is 0 Å². The molecule has 0 saturated carbocycles. The lowest BCUT2D eigenvalue weighted by Gasteiger charge is -2.41. The number of imidazole rings is 1. The zero-order valence-corrected chi connectivity index (χ0v) is 21.8. The van der Waals surface area contributed by atoms with E-state index in [9.17, 15) is 23.4 Å². The lowest BCUT2D eigenvalue weighted by atomic mass is 9.79. The van der Waals surface area contributed by atoms with Gasteiger partial charge in [-0.2, -0.15) is 13.2 Å². The van der Waals surface area contributed by atoms with Crippen molar-refractivity contribution >= 4 is 11.0 Å². The van der Waals surface area contributed by atoms with Crippen LogP contribution in [0.3, 0.4) is 0 Å². The zero-order chi connectivity index (χ0) is 27.2. The summed E-state index contributed by atoms with van der Waals surface area (Å²) >= 11 is 0. The van der Waals surface area contributed by atoms with Crippen LogP contribution in [-0.4, -0.2) is 49.0 Å². The van der Waals surface area contributed by atoms with E-state index in [-0.39, 0.29) is 47.9 Å². The van der Waals surface area contributed by atoms with Crippen LogP contribution >= 0.6 is 0 Å². The minimum atomic E-state index is -4.64. The number of ether oxygens (including phenoxy) is 1. The number of pyridine rings is 1. The second kappa shape index (κ2) is 9.89. The summed E-state index contributed by atoms with van der Waals surface area (Å²) < 4.78 is 49.1. The van der Waals surface area contributed by atoms with Crippen LogP contribution in [0.15, 0.2) is 36.8 Å². The number of piperidine rings is 1. The van der Waals surface area contributed by atoms with Crippen molar-refractivity contribution in [2.45, 2.75) is 89.4 Å². The van der Waals surface area contributed by atoms with Crippen LogP contribution in [0.4, 0.5) is 13.2 Å². The van der Waals surface area contributed by atoms with Crippen LogP contribution in [0.25, 0.3) is 11.0 Å². The Bertz CT molecular complexity index is 1230. The van der Waals surface area contributed by atoms with Crippen molar-refractivity contribution in [2.24, 2.45) is 0 Å². The van der Waals surface area contributed by atoms with E-state index in [1.807, 2.05) is 19.1 Å². The zero-order valence-electron chi connectivity index (χ0n) is 21.8. The first-order valence-electron chi connectivity index (χ1n) is 12.5. The second-order valence-electron chi connectivity index (χ2n) is 11.2. The van der Waals surface area contributed by atoms with Gasteiger partial charge in [-0.15, -0.1) is 0 Å². The van der Waals surface area contributed by atoms with Gasteiger partial charge in [-0.3, -0.25) is 4.98 Å². The van der Waals surface area contributed by atoms with E-state index < -0.39 is 22.9 Å². The molecule has 0 radical (unpaired) electrons. The monoisotopic (exact) mass is 520 g/mol. The lowest BCUT2D eigenvalue weighted by molar-refractivity contribution is -0.136. The van der Waals surface area contributed by atoms with Crippen molar-refractivity contribution in [1.82, 2.24) is 19.9 Å². The number of hydrogen-bond donors (Lipinski definition) is 3. The molecule has 2 aromatic heterocycles. The maximum Gasteiger partial charge on any atom is 0.418 e. The Kier molecular flexibility index (Phi) is 7.31. The fourth-order valence-electron chi connectivity index (χ4n) is 5.10. The van der Waals surface area contributed by atoms with Gasteiger partial charge >= 0.3 is 6.18 Å². The minimum Gasteiger partial charge on any atom is -0.492 e. The average Bonchev–Trinajstić information content (AvgIpc) is 3.17. The fraction of sp³-hybridized carbons (Fsp3) is 0.556. The number of aliphatic hydroxyl groups is 2. The van der Waals surface area contributed by atoms with Gasteiger partial charge in [0.25, 0.3) is 0 Å². The van der Waals surface area contributed by atoms with E-state index in [2.05, 4.69) is 29.1 Å². The van der Waals surface area contributed by atoms with Crippen LogP contribution in [0.2, 0.25) is 0 Å². The molecule has 3 atom stereocenters. The van der Waals surface area contributed by atoms with Gasteiger partial charge in [-0.1, -0.05) is 19.9 Å². The minimum absolute atomic E-state index is 0.0390. The van der Waals surface area contributed by atoms with E-state index in [0.29, 0.717) is 18.4 Å². The Morgan fingerprint density at radius 3 is 2.51 bits per heavy atom. The molecule has 0 bridgehead atoms. The van der Waals surface area contributed by atoms with Gasteiger partial charge in [0.1, 0.15) is 12.4 Å². The summed E-state index contributed by atoms with van der Waals surface area (Å²) in [5.74, 6) is 0.317. The van der Waals surface area contributed by atoms with E-state index in [1.165, 1.54) is 30.8 Å². The van der Waals surface area contributed by atoms with Gasteiger partial charge in [0.15, 0.2) is 0 Å². The van der Waals surface area contributed by atoms with Crippen molar-refractivity contribution < 1.29 is 28.1 Å². The topological polar surface area (TPSA) is 92.4 Å². The first-order valence-corrected chi connectivity index (χ1v) is 12.5. The highest BCUT2D eigenvalue weighted by Crippen LogP contribution is 2.39. The molecular weight excluding hydrogens is 485 g/mol. The third kappa shape index (κ3) is 6.25. The van der Waals surface area contributed by atoms with Crippen LogP contribution in [0.1, 0.15) is 70.2 Å². The van der Waals surface area contributed by atoms with Crippen LogP contribution in [0, 0.1) is 0 Å². The highest BCUT2D eigenvalue weighted by Gasteiger charge is 2.40. The van der Waals surface area contributed by atoms with Gasteiger partial charge in [-0.25, -0.2) is 4.98 Å². The maximum atomic E-state index is 14.0. The number of rotatable bonds is 7. The molecule has 1 aromatic carbocycles. The van der Waals surface area contributed by atoms with Gasteiger partial charge in [0, 0.05) is 35.6 Å². The molecule has 3 N–H and O–H groups in total. The Morgan fingerprint density at radius 2 is 1.92 bits per heavy atom. The van der Waals surface area contributed by atoms with Crippen LogP contribution in [-0.2, 0) is 18.3 Å². The van der Waals surface area contributed by atoms with Crippen LogP contribution < -0.4 is 10.1 Å². The Hall–Kier alpha value is -2.69. The third-order valence-corrected chi connectivity index (χ3v) is 6.66. The van der Waals surface area contributed by atoms with Crippen molar-refractivity contribution in [3.63, 3.8) is 0 Å². The predicted molar refractivity (Wildman–Crippen MR) is 134 cm³/mol. The normalized spacial score (nSPS) is 23.1. The molecule has 37 heavy (non-hydrogen) atoms. The number of hydrogen-bond acceptors (Lipinski definition) is 6. The highest BCUT2D eigenvalue weighted by atomic mass is 19.4. The molecule has 0 amide bonds. The first kappa shape index (κ1) is 27.3. The largest absolute Gasteiger partial charge is 0.492 e. The highest BCUT2D eigenvalue weighted by molar-refractivity contribution is 5.81. The molecule has 7 nitrogen and oxygen atoms in total. The van der Waals surface area contributed by atoms with Gasteiger partial charge < -0.3 is 24.8 Å². The number of aromatic nitrogens is 3. The Morgan fingerprint density at radius 1 is 1.19 bits per heavy atom. The summed E-state index contributed by atoms with van der Waals surface area (Å²) in [4.78, 5) is 8.62. The number of nitrogens with one attached hydrogen (secondary N) is 1. The summed E-state index contributed by atoms with van der Waals surface area (Å²) in [6.07, 6.45) is -0.824. The first-order chi connectivity index (χ1) is 17.1.